The van der Waals surface area contributed by atoms with Crippen molar-refractivity contribution < 1.29 is 28.2 Å². The number of carbonyl (C=O) groups is 2. The van der Waals surface area contributed by atoms with Crippen molar-refractivity contribution in [2.24, 2.45) is 0 Å². The maximum absolute atomic E-state index is 13.8. The maximum Gasteiger partial charge on any atom is 0.350 e. The molecular formula is C29H28N2O7S. The van der Waals surface area contributed by atoms with Crippen LogP contribution >= 0.6 is 11.3 Å². The molecule has 1 aliphatic rings. The van der Waals surface area contributed by atoms with E-state index in [0.29, 0.717) is 40.3 Å². The summed E-state index contributed by atoms with van der Waals surface area (Å²) < 4.78 is 22.5. The number of fused-ring (bicyclic) bond motifs is 2. The molecule has 0 bridgehead atoms. The Kier molecular flexibility index (Phi) is 7.38. The molecule has 0 aliphatic carbocycles. The molecule has 10 heteroatoms. The normalized spacial score (nSPS) is 14.5. The van der Waals surface area contributed by atoms with Crippen LogP contribution in [-0.4, -0.2) is 37.7 Å². The van der Waals surface area contributed by atoms with Crippen LogP contribution in [0.2, 0.25) is 0 Å². The molecule has 1 atom stereocenters. The lowest BCUT2D eigenvalue weighted by Crippen LogP contribution is -2.29. The van der Waals surface area contributed by atoms with E-state index in [1.165, 1.54) is 19.1 Å². The van der Waals surface area contributed by atoms with Crippen LogP contribution < -0.4 is 19.8 Å². The minimum absolute atomic E-state index is 0.0602. The topological polar surface area (TPSA) is 108 Å². The second-order valence-corrected chi connectivity index (χ2v) is 10.1. The SMILES string of the molecule is CCCCCOc1ccc([C@@H]2c3c(oc4ccccc4c3=O)C(=O)N2c2nc(C)c(C(=O)OC)s2)cc1OC. The lowest BCUT2D eigenvalue weighted by atomic mass is 9.98. The number of benzene rings is 2. The zero-order valence-electron chi connectivity index (χ0n) is 22.1. The Morgan fingerprint density at radius 2 is 1.90 bits per heavy atom. The summed E-state index contributed by atoms with van der Waals surface area (Å²) in [5, 5.41) is 0.612. The number of thiazole rings is 1. The predicted octanol–water partition coefficient (Wildman–Crippen LogP) is 5.67. The van der Waals surface area contributed by atoms with Gasteiger partial charge in [-0.2, -0.15) is 0 Å². The molecule has 202 valence electrons. The van der Waals surface area contributed by atoms with Crippen molar-refractivity contribution in [3.63, 3.8) is 0 Å². The molecule has 0 unspecified atom stereocenters. The van der Waals surface area contributed by atoms with E-state index in [0.717, 1.165) is 30.6 Å². The van der Waals surface area contributed by atoms with Crippen molar-refractivity contribution in [1.82, 2.24) is 4.98 Å². The standard InChI is InChI=1S/C29H28N2O7S/c1-5-6-9-14-37-20-13-12-17(15-21(20)35-3)23-22-24(32)18-10-7-8-11-19(18)38-25(22)27(33)31(23)29-30-16(2)26(39-29)28(34)36-4/h7-8,10-13,15,23H,5-6,9,14H2,1-4H3/t23-/m1/s1. The van der Waals surface area contributed by atoms with Crippen molar-refractivity contribution in [3.05, 3.63) is 80.1 Å². The number of esters is 1. The van der Waals surface area contributed by atoms with E-state index < -0.39 is 17.9 Å². The number of unbranched alkanes of at least 4 members (excludes halogenated alkanes) is 2. The fourth-order valence-electron chi connectivity index (χ4n) is 4.71. The number of methoxy groups -OCH3 is 2. The number of carbonyl (C=O) groups excluding carboxylic acids is 2. The Morgan fingerprint density at radius 1 is 1.10 bits per heavy atom. The lowest BCUT2D eigenvalue weighted by molar-refractivity contribution is 0.0605. The molecule has 2 aromatic carbocycles. The molecule has 39 heavy (non-hydrogen) atoms. The third-order valence-electron chi connectivity index (χ3n) is 6.65. The van der Waals surface area contributed by atoms with Gasteiger partial charge in [-0.3, -0.25) is 14.5 Å². The van der Waals surface area contributed by atoms with Gasteiger partial charge in [0.1, 0.15) is 10.5 Å². The second kappa shape index (κ2) is 10.9. The number of anilines is 1. The van der Waals surface area contributed by atoms with E-state index in [2.05, 4.69) is 11.9 Å². The molecule has 0 fully saturated rings. The van der Waals surface area contributed by atoms with Gasteiger partial charge in [0.15, 0.2) is 22.1 Å². The predicted molar refractivity (Wildman–Crippen MR) is 147 cm³/mol. The molecule has 2 aromatic heterocycles. The number of nitrogens with zero attached hydrogens (tertiary/aromatic N) is 2. The number of amides is 1. The first-order valence-electron chi connectivity index (χ1n) is 12.6. The average Bonchev–Trinajstić information content (AvgIpc) is 3.47. The summed E-state index contributed by atoms with van der Waals surface area (Å²) in [6.07, 6.45) is 3.05. The highest BCUT2D eigenvalue weighted by atomic mass is 32.1. The number of aryl methyl sites for hydroxylation is 1. The van der Waals surface area contributed by atoms with Crippen molar-refractivity contribution in [2.75, 3.05) is 25.7 Å². The van der Waals surface area contributed by atoms with Gasteiger partial charge in [0, 0.05) is 0 Å². The van der Waals surface area contributed by atoms with Crippen LogP contribution in [0, 0.1) is 6.92 Å². The fourth-order valence-corrected chi connectivity index (χ4v) is 5.72. The van der Waals surface area contributed by atoms with Crippen LogP contribution in [-0.2, 0) is 4.74 Å². The highest BCUT2D eigenvalue weighted by molar-refractivity contribution is 7.17. The summed E-state index contributed by atoms with van der Waals surface area (Å²) >= 11 is 1.02. The number of ether oxygens (including phenoxy) is 3. The highest BCUT2D eigenvalue weighted by Gasteiger charge is 2.45. The Labute approximate surface area is 228 Å². The molecule has 0 saturated heterocycles. The van der Waals surface area contributed by atoms with E-state index in [-0.39, 0.29) is 26.8 Å². The van der Waals surface area contributed by atoms with Gasteiger partial charge in [0.2, 0.25) is 5.76 Å². The van der Waals surface area contributed by atoms with Gasteiger partial charge in [-0.15, -0.1) is 0 Å². The first kappa shape index (κ1) is 26.4. The summed E-state index contributed by atoms with van der Waals surface area (Å²) in [6, 6.07) is 11.3. The molecule has 0 spiro atoms. The Hall–Kier alpha value is -4.18. The van der Waals surface area contributed by atoms with E-state index in [4.69, 9.17) is 18.6 Å². The van der Waals surface area contributed by atoms with Crippen LogP contribution in [0.25, 0.3) is 11.0 Å². The van der Waals surface area contributed by atoms with E-state index in [9.17, 15) is 14.4 Å². The summed E-state index contributed by atoms with van der Waals surface area (Å²) in [6.45, 7) is 4.34. The van der Waals surface area contributed by atoms with Gasteiger partial charge in [-0.05, 0) is 43.2 Å². The molecule has 5 rings (SSSR count). The van der Waals surface area contributed by atoms with Crippen LogP contribution in [0.1, 0.15) is 69.3 Å². The number of hydrogen-bond donors (Lipinski definition) is 0. The van der Waals surface area contributed by atoms with Gasteiger partial charge in [0.05, 0.1) is 43.5 Å². The van der Waals surface area contributed by atoms with Crippen molar-refractivity contribution in [3.8, 4) is 11.5 Å². The van der Waals surface area contributed by atoms with Crippen molar-refractivity contribution in [2.45, 2.75) is 39.2 Å². The minimum Gasteiger partial charge on any atom is -0.493 e. The van der Waals surface area contributed by atoms with E-state index in [1.807, 2.05) is 0 Å². The summed E-state index contributed by atoms with van der Waals surface area (Å²) in [4.78, 5) is 46.1. The quantitative estimate of drug-likeness (QED) is 0.194. The van der Waals surface area contributed by atoms with Gasteiger partial charge in [0.25, 0.3) is 5.91 Å². The Bertz CT molecular complexity index is 1620. The molecule has 4 aromatic rings. The van der Waals surface area contributed by atoms with Crippen molar-refractivity contribution >= 4 is 39.3 Å². The first-order chi connectivity index (χ1) is 18.9. The second-order valence-electron chi connectivity index (χ2n) is 9.12. The van der Waals surface area contributed by atoms with Crippen LogP contribution in [0.15, 0.2) is 51.7 Å². The molecule has 0 radical (unpaired) electrons. The average molecular weight is 549 g/mol. The maximum atomic E-state index is 13.8. The highest BCUT2D eigenvalue weighted by Crippen LogP contribution is 2.44. The zero-order valence-corrected chi connectivity index (χ0v) is 22.9. The van der Waals surface area contributed by atoms with E-state index in [1.54, 1.807) is 49.4 Å². The molecule has 1 aliphatic heterocycles. The monoisotopic (exact) mass is 548 g/mol. The Balaban J connectivity index is 1.67. The molecular weight excluding hydrogens is 520 g/mol. The fraction of sp³-hybridized carbons (Fsp3) is 0.310. The van der Waals surface area contributed by atoms with Gasteiger partial charge in [-0.1, -0.05) is 49.3 Å². The largest absolute Gasteiger partial charge is 0.493 e. The number of para-hydroxylation sites is 1. The first-order valence-corrected chi connectivity index (χ1v) is 13.5. The van der Waals surface area contributed by atoms with Gasteiger partial charge >= 0.3 is 5.97 Å². The summed E-state index contributed by atoms with van der Waals surface area (Å²) in [5.41, 5.74) is 1.23. The molecule has 1 amide bonds. The zero-order chi connectivity index (χ0) is 27.7. The summed E-state index contributed by atoms with van der Waals surface area (Å²) in [7, 11) is 2.82. The lowest BCUT2D eigenvalue weighted by Gasteiger charge is -2.23. The molecule has 3 heterocycles. The molecule has 9 nitrogen and oxygen atoms in total. The third-order valence-corrected chi connectivity index (χ3v) is 7.79. The smallest absolute Gasteiger partial charge is 0.350 e. The number of rotatable bonds is 9. The minimum atomic E-state index is -0.868. The van der Waals surface area contributed by atoms with Crippen molar-refractivity contribution in [1.29, 1.82) is 0 Å². The van der Waals surface area contributed by atoms with E-state index >= 15 is 0 Å². The number of aromatic nitrogens is 1. The van der Waals surface area contributed by atoms with Gasteiger partial charge < -0.3 is 18.6 Å². The number of hydrogen-bond acceptors (Lipinski definition) is 9. The van der Waals surface area contributed by atoms with Crippen LogP contribution in [0.4, 0.5) is 5.13 Å². The molecule has 0 N–H and O–H groups in total. The Morgan fingerprint density at radius 3 is 2.64 bits per heavy atom. The van der Waals surface area contributed by atoms with Crippen LogP contribution in [0.5, 0.6) is 11.5 Å². The molecule has 0 saturated carbocycles. The van der Waals surface area contributed by atoms with Crippen LogP contribution in [0.3, 0.4) is 0 Å². The third kappa shape index (κ3) is 4.65. The van der Waals surface area contributed by atoms with Gasteiger partial charge in [-0.25, -0.2) is 9.78 Å². The summed E-state index contributed by atoms with van der Waals surface area (Å²) in [5.74, 6) is -0.0993.